The normalized spacial score (nSPS) is 13.1. The topological polar surface area (TPSA) is 52.9 Å². The molecular weight excluding hydrogens is 247 g/mol. The lowest BCUT2D eigenvalue weighted by Crippen LogP contribution is -2.57. The number of hydrogen-bond acceptors (Lipinski definition) is 2. The van der Waals surface area contributed by atoms with E-state index >= 15 is 0 Å². The molecule has 0 saturated carbocycles. The average molecular weight is 258 g/mol. The average Bonchev–Trinajstić information content (AvgIpc) is 2.24. The minimum atomic E-state index is -5.97. The Morgan fingerprint density at radius 2 is 1.59 bits per heavy atom. The van der Waals surface area contributed by atoms with Gasteiger partial charge < -0.3 is 5.32 Å². The molecule has 1 N–H and O–H groups in total. The van der Waals surface area contributed by atoms with Gasteiger partial charge in [0.2, 0.25) is 0 Å². The lowest BCUT2D eigenvalue weighted by Gasteiger charge is -2.28. The predicted octanol–water partition coefficient (Wildman–Crippen LogP) is 2.38. The molecule has 3 nitrogen and oxygen atoms in total. The number of carbonyl (C=O) groups is 1. The van der Waals surface area contributed by atoms with Crippen LogP contribution in [0.15, 0.2) is 0 Å². The molecule has 0 aromatic heterocycles. The van der Waals surface area contributed by atoms with Crippen LogP contribution in [0, 0.1) is 11.3 Å². The van der Waals surface area contributed by atoms with E-state index in [0.29, 0.717) is 0 Å². The van der Waals surface area contributed by atoms with Crippen LogP contribution in [0.1, 0.15) is 26.7 Å². The first-order chi connectivity index (χ1) is 7.56. The molecular formula is C9H11F5N2O. The fourth-order valence-corrected chi connectivity index (χ4v) is 1.04. The quantitative estimate of drug-likeness (QED) is 0.787. The van der Waals surface area contributed by atoms with Crippen molar-refractivity contribution in [3.63, 3.8) is 0 Å². The smallest absolute Gasteiger partial charge is 0.332 e. The van der Waals surface area contributed by atoms with Crippen LogP contribution in [0.5, 0.6) is 0 Å². The summed E-state index contributed by atoms with van der Waals surface area (Å²) in [5.74, 6) is -8.00. The van der Waals surface area contributed by atoms with Crippen LogP contribution >= 0.6 is 0 Å². The Hall–Kier alpha value is -1.39. The standard InChI is InChI=1S/C9H11F5N2O/c1-3-7(4-2,5-15)16-6(17)8(10,11)9(12,13)14/h3-4H2,1-2H3,(H,16,17). The van der Waals surface area contributed by atoms with E-state index in [0.717, 1.165) is 0 Å². The highest BCUT2D eigenvalue weighted by molar-refractivity contribution is 5.85. The molecule has 0 bridgehead atoms. The SMILES string of the molecule is CCC(C#N)(CC)NC(=O)C(F)(F)C(F)(F)F. The van der Waals surface area contributed by atoms with Gasteiger partial charge in [0.15, 0.2) is 0 Å². The van der Waals surface area contributed by atoms with Crippen molar-refractivity contribution in [1.29, 1.82) is 5.26 Å². The number of nitrogens with zero attached hydrogens (tertiary/aromatic N) is 1. The van der Waals surface area contributed by atoms with Crippen molar-refractivity contribution in [1.82, 2.24) is 5.32 Å². The summed E-state index contributed by atoms with van der Waals surface area (Å²) in [6.07, 6.45) is -6.11. The number of rotatable bonds is 4. The van der Waals surface area contributed by atoms with E-state index in [1.807, 2.05) is 0 Å². The summed E-state index contributed by atoms with van der Waals surface area (Å²) in [7, 11) is 0. The molecule has 0 radical (unpaired) electrons. The second-order valence-electron chi connectivity index (χ2n) is 3.43. The number of nitriles is 1. The summed E-state index contributed by atoms with van der Waals surface area (Å²) in [5, 5.41) is 10.2. The molecule has 0 unspecified atom stereocenters. The minimum absolute atomic E-state index is 0.0698. The largest absolute Gasteiger partial charge is 0.463 e. The molecule has 0 aliphatic heterocycles. The molecule has 8 heteroatoms. The second kappa shape index (κ2) is 4.85. The molecule has 0 heterocycles. The fraction of sp³-hybridized carbons (Fsp3) is 0.778. The van der Waals surface area contributed by atoms with Crippen LogP contribution in [0.4, 0.5) is 22.0 Å². The van der Waals surface area contributed by atoms with E-state index in [1.165, 1.54) is 25.2 Å². The third-order valence-electron chi connectivity index (χ3n) is 2.42. The first-order valence-corrected chi connectivity index (χ1v) is 4.74. The highest BCUT2D eigenvalue weighted by Crippen LogP contribution is 2.36. The monoisotopic (exact) mass is 258 g/mol. The van der Waals surface area contributed by atoms with Crippen LogP contribution in [-0.4, -0.2) is 23.5 Å². The molecule has 1 amide bonds. The van der Waals surface area contributed by atoms with Crippen LogP contribution in [0.25, 0.3) is 0 Å². The first-order valence-electron chi connectivity index (χ1n) is 4.74. The molecule has 17 heavy (non-hydrogen) atoms. The van der Waals surface area contributed by atoms with Crippen LogP contribution < -0.4 is 5.32 Å². The van der Waals surface area contributed by atoms with Gasteiger partial charge in [0.1, 0.15) is 5.54 Å². The van der Waals surface area contributed by atoms with Crippen molar-refractivity contribution >= 4 is 5.91 Å². The molecule has 0 atom stereocenters. The van der Waals surface area contributed by atoms with Gasteiger partial charge in [-0.25, -0.2) is 0 Å². The maximum Gasteiger partial charge on any atom is 0.463 e. The van der Waals surface area contributed by atoms with E-state index in [9.17, 15) is 26.7 Å². The van der Waals surface area contributed by atoms with Gasteiger partial charge in [0, 0.05) is 0 Å². The van der Waals surface area contributed by atoms with Crippen molar-refractivity contribution < 1.29 is 26.7 Å². The van der Waals surface area contributed by atoms with Gasteiger partial charge in [0.25, 0.3) is 0 Å². The Labute approximate surface area is 94.6 Å². The van der Waals surface area contributed by atoms with Crippen LogP contribution in [0.2, 0.25) is 0 Å². The second-order valence-corrected chi connectivity index (χ2v) is 3.43. The van der Waals surface area contributed by atoms with Crippen molar-refractivity contribution in [2.45, 2.75) is 44.3 Å². The maximum absolute atomic E-state index is 12.6. The van der Waals surface area contributed by atoms with Crippen LogP contribution in [0.3, 0.4) is 0 Å². The van der Waals surface area contributed by atoms with E-state index in [4.69, 9.17) is 5.26 Å². The molecule has 0 aliphatic rings. The number of amides is 1. The number of halogens is 5. The highest BCUT2D eigenvalue weighted by Gasteiger charge is 2.64. The van der Waals surface area contributed by atoms with Gasteiger partial charge >= 0.3 is 18.0 Å². The Kier molecular flexibility index (Phi) is 4.46. The van der Waals surface area contributed by atoms with Crippen molar-refractivity contribution in [3.05, 3.63) is 0 Å². The number of hydrogen-bond donors (Lipinski definition) is 1. The number of alkyl halides is 5. The van der Waals surface area contributed by atoms with Crippen molar-refractivity contribution in [2.75, 3.05) is 0 Å². The van der Waals surface area contributed by atoms with Crippen molar-refractivity contribution in [2.24, 2.45) is 0 Å². The molecule has 0 aromatic rings. The molecule has 0 spiro atoms. The zero-order chi connectivity index (χ0) is 13.9. The summed E-state index contributed by atoms with van der Waals surface area (Å²) in [6.45, 7) is 2.80. The van der Waals surface area contributed by atoms with Gasteiger partial charge in [0.05, 0.1) is 6.07 Å². The molecule has 0 saturated heterocycles. The van der Waals surface area contributed by atoms with Gasteiger partial charge in [-0.2, -0.15) is 27.2 Å². The zero-order valence-electron chi connectivity index (χ0n) is 9.16. The highest BCUT2D eigenvalue weighted by atomic mass is 19.4. The third kappa shape index (κ3) is 3.05. The molecule has 0 aromatic carbocycles. The van der Waals surface area contributed by atoms with E-state index in [1.54, 1.807) is 0 Å². The molecule has 98 valence electrons. The lowest BCUT2D eigenvalue weighted by molar-refractivity contribution is -0.270. The first kappa shape index (κ1) is 15.6. The maximum atomic E-state index is 12.6. The third-order valence-corrected chi connectivity index (χ3v) is 2.42. The summed E-state index contributed by atoms with van der Waals surface area (Å²) in [6, 6.07) is 1.54. The summed E-state index contributed by atoms with van der Waals surface area (Å²) >= 11 is 0. The van der Waals surface area contributed by atoms with Crippen LogP contribution in [-0.2, 0) is 4.79 Å². The fourth-order valence-electron chi connectivity index (χ4n) is 1.04. The molecule has 0 aliphatic carbocycles. The van der Waals surface area contributed by atoms with Crippen molar-refractivity contribution in [3.8, 4) is 6.07 Å². The van der Waals surface area contributed by atoms with Gasteiger partial charge in [-0.1, -0.05) is 13.8 Å². The van der Waals surface area contributed by atoms with Gasteiger partial charge in [-0.15, -0.1) is 0 Å². The lowest BCUT2D eigenvalue weighted by atomic mass is 9.94. The number of carbonyl (C=O) groups excluding carboxylic acids is 1. The molecule has 0 fully saturated rings. The molecule has 0 rings (SSSR count). The summed E-state index contributed by atoms with van der Waals surface area (Å²) in [5.41, 5.74) is -1.70. The summed E-state index contributed by atoms with van der Waals surface area (Å²) in [4.78, 5) is 10.9. The minimum Gasteiger partial charge on any atom is -0.332 e. The van der Waals surface area contributed by atoms with Gasteiger partial charge in [-0.3, -0.25) is 4.79 Å². The van der Waals surface area contributed by atoms with E-state index < -0.39 is 23.5 Å². The Morgan fingerprint density at radius 3 is 1.82 bits per heavy atom. The summed E-state index contributed by atoms with van der Waals surface area (Å²) < 4.78 is 60.9. The Bertz CT molecular complexity index is 327. The zero-order valence-corrected chi connectivity index (χ0v) is 9.16. The van der Waals surface area contributed by atoms with E-state index in [2.05, 4.69) is 0 Å². The van der Waals surface area contributed by atoms with Gasteiger partial charge in [-0.05, 0) is 12.8 Å². The number of nitrogens with one attached hydrogen (secondary N) is 1. The van der Waals surface area contributed by atoms with E-state index in [-0.39, 0.29) is 12.8 Å². The Balaban J connectivity index is 5.06. The predicted molar refractivity (Wildman–Crippen MR) is 48.1 cm³/mol. The Morgan fingerprint density at radius 1 is 1.18 bits per heavy atom.